The Labute approximate surface area is 212 Å². The molecule has 0 aromatic heterocycles. The van der Waals surface area contributed by atoms with E-state index < -0.39 is 0 Å². The second kappa shape index (κ2) is 10.8. The van der Waals surface area contributed by atoms with Crippen LogP contribution in [0, 0.1) is 6.92 Å². The summed E-state index contributed by atoms with van der Waals surface area (Å²) in [4.78, 5) is 30.1. The zero-order chi connectivity index (χ0) is 24.9. The molecular weight excluding hydrogens is 450 g/mol. The van der Waals surface area contributed by atoms with Gasteiger partial charge in [-0.15, -0.1) is 0 Å². The molecular formula is C30H31N3O3. The van der Waals surface area contributed by atoms with Gasteiger partial charge in [-0.2, -0.15) is 0 Å². The lowest BCUT2D eigenvalue weighted by Crippen LogP contribution is -2.36. The van der Waals surface area contributed by atoms with Gasteiger partial charge in [0.15, 0.2) is 11.5 Å². The van der Waals surface area contributed by atoms with Gasteiger partial charge in [0, 0.05) is 18.7 Å². The third kappa shape index (κ3) is 5.50. The minimum Gasteiger partial charge on any atom is -0.449 e. The van der Waals surface area contributed by atoms with Crippen molar-refractivity contribution in [3.8, 4) is 5.75 Å². The standard InChI is InChI=1S/C30H31N3O3/c1-22-8-10-24(11-9-22)21-33-26-6-2-3-7-27(26)36-28(30(33)35)20-23-12-14-25(15-13-23)29(34)31-16-19-32-17-4-5-18-32/h2-3,6-15,20H,4-5,16-19,21H2,1H3,(H,31,34). The van der Waals surface area contributed by atoms with E-state index in [0.29, 0.717) is 24.4 Å². The quantitative estimate of drug-likeness (QED) is 0.493. The predicted octanol–water partition coefficient (Wildman–Crippen LogP) is 4.79. The Morgan fingerprint density at radius 2 is 1.69 bits per heavy atom. The van der Waals surface area contributed by atoms with Gasteiger partial charge in [0.2, 0.25) is 0 Å². The number of carbonyl (C=O) groups excluding carboxylic acids is 2. The lowest BCUT2D eigenvalue weighted by molar-refractivity contribution is -0.117. The molecule has 36 heavy (non-hydrogen) atoms. The van der Waals surface area contributed by atoms with E-state index in [-0.39, 0.29) is 17.6 Å². The highest BCUT2D eigenvalue weighted by Gasteiger charge is 2.30. The Kier molecular flexibility index (Phi) is 7.14. The minimum absolute atomic E-state index is 0.0865. The molecule has 2 amide bonds. The number of ether oxygens (including phenoxy) is 1. The average molecular weight is 482 g/mol. The number of anilines is 1. The third-order valence-corrected chi connectivity index (χ3v) is 6.68. The van der Waals surface area contributed by atoms with E-state index in [9.17, 15) is 9.59 Å². The van der Waals surface area contributed by atoms with E-state index in [1.54, 1.807) is 23.1 Å². The number of nitrogens with zero attached hydrogens (tertiary/aromatic N) is 2. The van der Waals surface area contributed by atoms with Crippen LogP contribution < -0.4 is 15.0 Å². The van der Waals surface area contributed by atoms with Crippen molar-refractivity contribution >= 4 is 23.6 Å². The summed E-state index contributed by atoms with van der Waals surface area (Å²) in [5, 5.41) is 3.00. The lowest BCUT2D eigenvalue weighted by Gasteiger charge is -2.30. The van der Waals surface area contributed by atoms with Gasteiger partial charge in [0.05, 0.1) is 12.2 Å². The van der Waals surface area contributed by atoms with Crippen molar-refractivity contribution in [1.82, 2.24) is 10.2 Å². The molecule has 0 atom stereocenters. The normalized spacial score (nSPS) is 16.6. The summed E-state index contributed by atoms with van der Waals surface area (Å²) in [7, 11) is 0. The van der Waals surface area contributed by atoms with Crippen molar-refractivity contribution in [3.05, 3.63) is 101 Å². The Hall–Kier alpha value is -3.90. The summed E-state index contributed by atoms with van der Waals surface area (Å²) in [5.41, 5.74) is 4.37. The number of nitrogens with one attached hydrogen (secondary N) is 1. The summed E-state index contributed by atoms with van der Waals surface area (Å²) in [6.45, 7) is 6.26. The number of benzene rings is 3. The van der Waals surface area contributed by atoms with Crippen molar-refractivity contribution in [1.29, 1.82) is 0 Å². The number of fused-ring (bicyclic) bond motifs is 1. The molecule has 2 aliphatic rings. The van der Waals surface area contributed by atoms with Crippen LogP contribution in [0.25, 0.3) is 6.08 Å². The van der Waals surface area contributed by atoms with Crippen LogP contribution in [0.1, 0.15) is 39.9 Å². The fraction of sp³-hybridized carbons (Fsp3) is 0.267. The van der Waals surface area contributed by atoms with Crippen LogP contribution in [-0.4, -0.2) is 42.9 Å². The highest BCUT2D eigenvalue weighted by molar-refractivity contribution is 6.09. The first-order valence-electron chi connectivity index (χ1n) is 12.5. The van der Waals surface area contributed by atoms with Crippen LogP contribution in [0.3, 0.4) is 0 Å². The van der Waals surface area contributed by atoms with Crippen LogP contribution in [0.4, 0.5) is 5.69 Å². The van der Waals surface area contributed by atoms with E-state index in [4.69, 9.17) is 4.74 Å². The Morgan fingerprint density at radius 3 is 2.44 bits per heavy atom. The van der Waals surface area contributed by atoms with Gasteiger partial charge in [-0.3, -0.25) is 14.5 Å². The maximum Gasteiger partial charge on any atom is 0.294 e. The fourth-order valence-electron chi connectivity index (χ4n) is 4.61. The van der Waals surface area contributed by atoms with Crippen molar-refractivity contribution < 1.29 is 14.3 Å². The first kappa shape index (κ1) is 23.8. The molecule has 0 bridgehead atoms. The lowest BCUT2D eigenvalue weighted by atomic mass is 10.1. The average Bonchev–Trinajstić information content (AvgIpc) is 3.42. The zero-order valence-electron chi connectivity index (χ0n) is 20.6. The number of carbonyl (C=O) groups is 2. The highest BCUT2D eigenvalue weighted by atomic mass is 16.5. The number of hydrogen-bond acceptors (Lipinski definition) is 4. The molecule has 1 N–H and O–H groups in total. The van der Waals surface area contributed by atoms with Gasteiger partial charge in [-0.1, -0.05) is 54.1 Å². The Morgan fingerprint density at radius 1 is 0.972 bits per heavy atom. The number of amides is 2. The number of likely N-dealkylation sites (tertiary alicyclic amines) is 1. The van der Waals surface area contributed by atoms with Crippen molar-refractivity contribution in [2.45, 2.75) is 26.3 Å². The minimum atomic E-state index is -0.196. The van der Waals surface area contributed by atoms with Crippen molar-refractivity contribution in [3.63, 3.8) is 0 Å². The molecule has 0 spiro atoms. The van der Waals surface area contributed by atoms with E-state index in [1.165, 1.54) is 18.4 Å². The number of aryl methyl sites for hydroxylation is 1. The smallest absolute Gasteiger partial charge is 0.294 e. The molecule has 0 aliphatic carbocycles. The second-order valence-corrected chi connectivity index (χ2v) is 9.38. The van der Waals surface area contributed by atoms with E-state index in [2.05, 4.69) is 10.2 Å². The van der Waals surface area contributed by atoms with Crippen molar-refractivity contribution in [2.75, 3.05) is 31.1 Å². The Balaban J connectivity index is 1.29. The van der Waals surface area contributed by atoms with Gasteiger partial charge < -0.3 is 15.0 Å². The molecule has 184 valence electrons. The molecule has 6 heteroatoms. The molecule has 3 aromatic rings. The summed E-state index contributed by atoms with van der Waals surface area (Å²) in [6.07, 6.45) is 4.22. The maximum atomic E-state index is 13.4. The molecule has 0 saturated carbocycles. The van der Waals surface area contributed by atoms with Crippen LogP contribution >= 0.6 is 0 Å². The van der Waals surface area contributed by atoms with Gasteiger partial charge in [0.25, 0.3) is 11.8 Å². The molecule has 5 rings (SSSR count). The first-order chi connectivity index (χ1) is 17.6. The molecule has 2 aliphatic heterocycles. The van der Waals surface area contributed by atoms with E-state index in [0.717, 1.165) is 36.4 Å². The van der Waals surface area contributed by atoms with Crippen molar-refractivity contribution in [2.24, 2.45) is 0 Å². The second-order valence-electron chi connectivity index (χ2n) is 9.38. The monoisotopic (exact) mass is 481 g/mol. The first-order valence-corrected chi connectivity index (χ1v) is 12.5. The SMILES string of the molecule is Cc1ccc(CN2C(=O)C(=Cc3ccc(C(=O)NCCN4CCCC4)cc3)Oc3ccccc32)cc1. The van der Waals surface area contributed by atoms with E-state index >= 15 is 0 Å². The fourth-order valence-corrected chi connectivity index (χ4v) is 4.61. The topological polar surface area (TPSA) is 61.9 Å². The van der Waals surface area contributed by atoms with Crippen LogP contribution in [0.5, 0.6) is 5.75 Å². The number of rotatable bonds is 7. The summed E-state index contributed by atoms with van der Waals surface area (Å²) < 4.78 is 6.00. The summed E-state index contributed by atoms with van der Waals surface area (Å²) in [6, 6.07) is 23.0. The van der Waals surface area contributed by atoms with Gasteiger partial charge in [-0.25, -0.2) is 0 Å². The third-order valence-electron chi connectivity index (χ3n) is 6.68. The molecule has 6 nitrogen and oxygen atoms in total. The molecule has 1 fully saturated rings. The largest absolute Gasteiger partial charge is 0.449 e. The molecule has 0 radical (unpaired) electrons. The summed E-state index contributed by atoms with van der Waals surface area (Å²) >= 11 is 0. The van der Waals surface area contributed by atoms with Crippen LogP contribution in [-0.2, 0) is 11.3 Å². The molecule has 1 saturated heterocycles. The highest BCUT2D eigenvalue weighted by Crippen LogP contribution is 2.36. The molecule has 3 aromatic carbocycles. The molecule has 0 unspecified atom stereocenters. The summed E-state index contributed by atoms with van der Waals surface area (Å²) in [5.74, 6) is 0.614. The van der Waals surface area contributed by atoms with Crippen LogP contribution in [0.15, 0.2) is 78.6 Å². The van der Waals surface area contributed by atoms with Crippen LogP contribution in [0.2, 0.25) is 0 Å². The Bertz CT molecular complexity index is 1260. The molecule has 2 heterocycles. The zero-order valence-corrected chi connectivity index (χ0v) is 20.6. The number of para-hydroxylation sites is 2. The van der Waals surface area contributed by atoms with Gasteiger partial charge >= 0.3 is 0 Å². The van der Waals surface area contributed by atoms with Gasteiger partial charge in [0.1, 0.15) is 0 Å². The predicted molar refractivity (Wildman–Crippen MR) is 142 cm³/mol. The maximum absolute atomic E-state index is 13.4. The van der Waals surface area contributed by atoms with E-state index in [1.807, 2.05) is 67.6 Å². The van der Waals surface area contributed by atoms with Gasteiger partial charge in [-0.05, 0) is 74.3 Å². The number of hydrogen-bond donors (Lipinski definition) is 1.